The van der Waals surface area contributed by atoms with Gasteiger partial charge in [-0.25, -0.2) is 0 Å². The van der Waals surface area contributed by atoms with Crippen molar-refractivity contribution in [2.24, 2.45) is 0 Å². The second kappa shape index (κ2) is 5.54. The number of aliphatic hydroxyl groups is 2. The molecule has 1 rings (SSSR count). The highest BCUT2D eigenvalue weighted by atomic mass is 32.2. The number of benzene rings is 1. The van der Waals surface area contributed by atoms with Crippen LogP contribution in [0.3, 0.4) is 0 Å². The molecule has 3 heteroatoms. The summed E-state index contributed by atoms with van der Waals surface area (Å²) in [5.41, 5.74) is 0.302. The van der Waals surface area contributed by atoms with Gasteiger partial charge in [-0.1, -0.05) is 19.1 Å². The molecule has 0 amide bonds. The molecule has 84 valence electrons. The molecule has 1 atom stereocenters. The molecule has 0 saturated carbocycles. The molecule has 0 bridgehead atoms. The molecule has 0 spiro atoms. The van der Waals surface area contributed by atoms with Crippen molar-refractivity contribution in [3.63, 3.8) is 0 Å². The third-order valence-corrected chi connectivity index (χ3v) is 3.75. The quantitative estimate of drug-likeness (QED) is 0.758. The van der Waals surface area contributed by atoms with Gasteiger partial charge in [0.15, 0.2) is 0 Å². The van der Waals surface area contributed by atoms with Crippen molar-refractivity contribution < 1.29 is 10.2 Å². The van der Waals surface area contributed by atoms with E-state index in [9.17, 15) is 5.11 Å². The maximum absolute atomic E-state index is 9.84. The molecule has 0 saturated heterocycles. The van der Waals surface area contributed by atoms with Crippen molar-refractivity contribution in [2.75, 3.05) is 5.75 Å². The van der Waals surface area contributed by atoms with E-state index >= 15 is 0 Å². The van der Waals surface area contributed by atoms with E-state index in [1.165, 1.54) is 0 Å². The Hall–Kier alpha value is -0.510. The molecule has 0 fully saturated rings. The molecule has 1 aromatic carbocycles. The van der Waals surface area contributed by atoms with E-state index in [2.05, 4.69) is 0 Å². The van der Waals surface area contributed by atoms with Crippen LogP contribution >= 0.6 is 11.8 Å². The fraction of sp³-hybridized carbons (Fsp3) is 0.500. The highest BCUT2D eigenvalue weighted by Crippen LogP contribution is 2.24. The lowest BCUT2D eigenvalue weighted by molar-refractivity contribution is 0.0816. The van der Waals surface area contributed by atoms with Gasteiger partial charge in [-0.05, 0) is 31.0 Å². The summed E-state index contributed by atoms with van der Waals surface area (Å²) >= 11 is 1.62. The fourth-order valence-electron chi connectivity index (χ4n) is 1.07. The highest BCUT2D eigenvalue weighted by molar-refractivity contribution is 7.99. The number of hydrogen-bond acceptors (Lipinski definition) is 3. The molecule has 2 N–H and O–H groups in total. The lowest BCUT2D eigenvalue weighted by atomic mass is 10.1. The van der Waals surface area contributed by atoms with Crippen molar-refractivity contribution >= 4 is 11.8 Å². The number of hydrogen-bond donors (Lipinski definition) is 2. The van der Waals surface area contributed by atoms with Crippen LogP contribution in [0.1, 0.15) is 25.8 Å². The van der Waals surface area contributed by atoms with Crippen molar-refractivity contribution in [1.82, 2.24) is 0 Å². The van der Waals surface area contributed by atoms with E-state index in [4.69, 9.17) is 5.11 Å². The molecule has 2 nitrogen and oxygen atoms in total. The zero-order valence-electron chi connectivity index (χ0n) is 9.23. The third-order valence-electron chi connectivity index (χ3n) is 2.39. The maximum Gasteiger partial charge on any atom is 0.0710 e. The molecular weight excluding hydrogens is 208 g/mol. The van der Waals surface area contributed by atoms with Crippen LogP contribution in [0.25, 0.3) is 0 Å². The number of aliphatic hydroxyl groups excluding tert-OH is 1. The van der Waals surface area contributed by atoms with E-state index in [1.54, 1.807) is 11.8 Å². The van der Waals surface area contributed by atoms with Gasteiger partial charge in [0.25, 0.3) is 0 Å². The third kappa shape index (κ3) is 4.24. The second-order valence-electron chi connectivity index (χ2n) is 3.94. The summed E-state index contributed by atoms with van der Waals surface area (Å²) in [5.74, 6) is 0.679. The van der Waals surface area contributed by atoms with Crippen LogP contribution in [0.2, 0.25) is 0 Å². The predicted octanol–water partition coefficient (Wildman–Crippen LogP) is 2.43. The molecular formula is C12H18O2S. The molecule has 15 heavy (non-hydrogen) atoms. The number of rotatable bonds is 5. The predicted molar refractivity (Wildman–Crippen MR) is 64.0 cm³/mol. The van der Waals surface area contributed by atoms with Gasteiger partial charge in [-0.15, -0.1) is 11.8 Å². The average Bonchev–Trinajstić information content (AvgIpc) is 2.27. The highest BCUT2D eigenvalue weighted by Gasteiger charge is 2.17. The van der Waals surface area contributed by atoms with Crippen LogP contribution in [0.5, 0.6) is 0 Å². The van der Waals surface area contributed by atoms with Gasteiger partial charge in [0.05, 0.1) is 12.2 Å². The van der Waals surface area contributed by atoms with Crippen LogP contribution in [-0.4, -0.2) is 21.6 Å². The monoisotopic (exact) mass is 226 g/mol. The normalized spacial score (nSPS) is 14.9. The smallest absolute Gasteiger partial charge is 0.0710 e. The van der Waals surface area contributed by atoms with E-state index in [1.807, 2.05) is 38.1 Å². The molecule has 1 aromatic rings. The van der Waals surface area contributed by atoms with Crippen molar-refractivity contribution in [3.8, 4) is 0 Å². The standard InChI is InChI=1S/C12H18O2S/c1-3-12(2,14)9-15-11-6-4-5-10(7-11)8-13/h4-7,13-14H,3,8-9H2,1-2H3. The molecule has 0 aliphatic heterocycles. The summed E-state index contributed by atoms with van der Waals surface area (Å²) in [6, 6.07) is 7.77. The summed E-state index contributed by atoms with van der Waals surface area (Å²) in [6.45, 7) is 3.89. The summed E-state index contributed by atoms with van der Waals surface area (Å²) < 4.78 is 0. The Morgan fingerprint density at radius 3 is 2.73 bits per heavy atom. The van der Waals surface area contributed by atoms with E-state index in [0.29, 0.717) is 5.75 Å². The Morgan fingerprint density at radius 1 is 1.40 bits per heavy atom. The van der Waals surface area contributed by atoms with Gasteiger partial charge in [0, 0.05) is 10.6 Å². The molecule has 0 aliphatic rings. The minimum Gasteiger partial charge on any atom is -0.392 e. The second-order valence-corrected chi connectivity index (χ2v) is 4.99. The molecule has 0 radical (unpaired) electrons. The van der Waals surface area contributed by atoms with Crippen molar-refractivity contribution in [1.29, 1.82) is 0 Å². The maximum atomic E-state index is 9.84. The first-order valence-electron chi connectivity index (χ1n) is 5.12. The Kier molecular flexibility index (Phi) is 4.64. The Labute approximate surface area is 95.3 Å². The van der Waals surface area contributed by atoms with Crippen molar-refractivity contribution in [3.05, 3.63) is 29.8 Å². The van der Waals surface area contributed by atoms with Crippen LogP contribution in [0.15, 0.2) is 29.2 Å². The van der Waals surface area contributed by atoms with E-state index < -0.39 is 5.60 Å². The molecule has 0 aliphatic carbocycles. The SMILES string of the molecule is CCC(C)(O)CSc1cccc(CO)c1. The van der Waals surface area contributed by atoms with Crippen LogP contribution < -0.4 is 0 Å². The van der Waals surface area contributed by atoms with E-state index in [-0.39, 0.29) is 6.61 Å². The first-order valence-corrected chi connectivity index (χ1v) is 6.11. The minimum atomic E-state index is -0.611. The van der Waals surface area contributed by atoms with Gasteiger partial charge in [-0.2, -0.15) is 0 Å². The largest absolute Gasteiger partial charge is 0.392 e. The Balaban J connectivity index is 2.57. The average molecular weight is 226 g/mol. The molecule has 0 heterocycles. The lowest BCUT2D eigenvalue weighted by Crippen LogP contribution is -2.25. The summed E-state index contributed by atoms with van der Waals surface area (Å²) in [4.78, 5) is 1.09. The summed E-state index contributed by atoms with van der Waals surface area (Å²) in [5, 5.41) is 18.8. The molecule has 1 unspecified atom stereocenters. The fourth-order valence-corrected chi connectivity index (χ4v) is 2.17. The minimum absolute atomic E-state index is 0.0680. The Morgan fingerprint density at radius 2 is 2.13 bits per heavy atom. The summed E-state index contributed by atoms with van der Waals surface area (Å²) in [7, 11) is 0. The van der Waals surface area contributed by atoms with Crippen LogP contribution in [0.4, 0.5) is 0 Å². The van der Waals surface area contributed by atoms with Crippen LogP contribution in [-0.2, 0) is 6.61 Å². The van der Waals surface area contributed by atoms with E-state index in [0.717, 1.165) is 16.9 Å². The van der Waals surface area contributed by atoms with Gasteiger partial charge >= 0.3 is 0 Å². The van der Waals surface area contributed by atoms with Crippen LogP contribution in [0, 0.1) is 0 Å². The van der Waals surface area contributed by atoms with Gasteiger partial charge in [-0.3, -0.25) is 0 Å². The Bertz CT molecular complexity index is 310. The van der Waals surface area contributed by atoms with Gasteiger partial charge in [0.2, 0.25) is 0 Å². The summed E-state index contributed by atoms with van der Waals surface area (Å²) in [6.07, 6.45) is 0.750. The van der Waals surface area contributed by atoms with Crippen molar-refractivity contribution in [2.45, 2.75) is 37.4 Å². The zero-order valence-corrected chi connectivity index (χ0v) is 10.0. The topological polar surface area (TPSA) is 40.5 Å². The first kappa shape index (κ1) is 12.6. The zero-order chi connectivity index (χ0) is 11.3. The number of thioether (sulfide) groups is 1. The lowest BCUT2D eigenvalue weighted by Gasteiger charge is -2.20. The van der Waals surface area contributed by atoms with Gasteiger partial charge in [0.1, 0.15) is 0 Å². The molecule has 0 aromatic heterocycles. The first-order chi connectivity index (χ1) is 7.07. The van der Waals surface area contributed by atoms with Gasteiger partial charge < -0.3 is 10.2 Å².